The van der Waals surface area contributed by atoms with E-state index in [2.05, 4.69) is 15.4 Å². The Kier molecular flexibility index (Phi) is 5.72. The first-order valence-corrected chi connectivity index (χ1v) is 9.24. The van der Waals surface area contributed by atoms with Crippen molar-refractivity contribution in [1.29, 1.82) is 0 Å². The second-order valence-corrected chi connectivity index (χ2v) is 7.91. The summed E-state index contributed by atoms with van der Waals surface area (Å²) in [6.45, 7) is 2.00. The van der Waals surface area contributed by atoms with Gasteiger partial charge < -0.3 is 10.1 Å². The summed E-state index contributed by atoms with van der Waals surface area (Å²) in [4.78, 5) is 4.28. The van der Waals surface area contributed by atoms with Gasteiger partial charge in [0.15, 0.2) is 5.82 Å². The van der Waals surface area contributed by atoms with Crippen LogP contribution in [0.15, 0.2) is 6.33 Å². The van der Waals surface area contributed by atoms with Gasteiger partial charge in [-0.1, -0.05) is 6.42 Å². The fourth-order valence-corrected chi connectivity index (χ4v) is 3.86. The van der Waals surface area contributed by atoms with Crippen LogP contribution in [0.3, 0.4) is 0 Å². The van der Waals surface area contributed by atoms with Gasteiger partial charge >= 0.3 is 0 Å². The molecule has 7 nitrogen and oxygen atoms in total. The average Bonchev–Trinajstić information content (AvgIpc) is 2.92. The number of hydrogen-bond donors (Lipinski definition) is 1. The van der Waals surface area contributed by atoms with Gasteiger partial charge in [0.2, 0.25) is 0 Å². The molecule has 1 fully saturated rings. The quantitative estimate of drug-likeness (QED) is 0.739. The van der Waals surface area contributed by atoms with Crippen LogP contribution in [-0.2, 0) is 21.1 Å². The van der Waals surface area contributed by atoms with E-state index in [0.29, 0.717) is 19.6 Å². The van der Waals surface area contributed by atoms with E-state index in [1.165, 1.54) is 6.26 Å². The Morgan fingerprint density at radius 1 is 1.48 bits per heavy atom. The molecule has 0 aromatic carbocycles. The zero-order valence-electron chi connectivity index (χ0n) is 12.7. The third kappa shape index (κ3) is 4.76. The lowest BCUT2D eigenvalue weighted by atomic mass is 9.95. The molecule has 1 aliphatic rings. The van der Waals surface area contributed by atoms with Crippen LogP contribution in [-0.4, -0.2) is 54.9 Å². The largest absolute Gasteiger partial charge is 0.383 e. The molecule has 2 unspecified atom stereocenters. The van der Waals surface area contributed by atoms with Gasteiger partial charge in [-0.2, -0.15) is 5.10 Å². The summed E-state index contributed by atoms with van der Waals surface area (Å²) >= 11 is 0. The number of nitrogens with zero attached hydrogens (tertiary/aromatic N) is 3. The minimum Gasteiger partial charge on any atom is -0.383 e. The lowest BCUT2D eigenvalue weighted by Gasteiger charge is -2.27. The monoisotopic (exact) mass is 316 g/mol. The van der Waals surface area contributed by atoms with Crippen LogP contribution in [0.25, 0.3) is 0 Å². The molecule has 2 rings (SSSR count). The van der Waals surface area contributed by atoms with E-state index in [0.717, 1.165) is 31.6 Å². The van der Waals surface area contributed by atoms with Crippen molar-refractivity contribution in [2.45, 2.75) is 43.5 Å². The Balaban J connectivity index is 1.91. The van der Waals surface area contributed by atoms with Crippen LogP contribution in [0.2, 0.25) is 0 Å². The van der Waals surface area contributed by atoms with Crippen molar-refractivity contribution in [2.24, 2.45) is 0 Å². The molecule has 8 heteroatoms. The van der Waals surface area contributed by atoms with Crippen LogP contribution >= 0.6 is 0 Å². The molecule has 0 spiro atoms. The van der Waals surface area contributed by atoms with Gasteiger partial charge in [0.25, 0.3) is 0 Å². The predicted octanol–water partition coefficient (Wildman–Crippen LogP) is 0.542. The third-order valence-electron chi connectivity index (χ3n) is 3.90. The number of sulfone groups is 1. The molecule has 1 heterocycles. The van der Waals surface area contributed by atoms with Gasteiger partial charge in [0, 0.05) is 19.9 Å². The zero-order chi connectivity index (χ0) is 15.3. The van der Waals surface area contributed by atoms with Crippen molar-refractivity contribution < 1.29 is 13.2 Å². The number of aromatic nitrogens is 3. The van der Waals surface area contributed by atoms with E-state index in [4.69, 9.17) is 4.74 Å². The number of ether oxygens (including phenoxy) is 1. The zero-order valence-corrected chi connectivity index (χ0v) is 13.5. The van der Waals surface area contributed by atoms with E-state index >= 15 is 0 Å². The maximum Gasteiger partial charge on any atom is 0.164 e. The Morgan fingerprint density at radius 3 is 3.00 bits per heavy atom. The van der Waals surface area contributed by atoms with E-state index in [1.807, 2.05) is 4.68 Å². The molecule has 120 valence electrons. The fraction of sp³-hybridized carbons (Fsp3) is 0.846. The molecular formula is C13H24N4O3S. The highest BCUT2D eigenvalue weighted by molar-refractivity contribution is 7.91. The van der Waals surface area contributed by atoms with Crippen molar-refractivity contribution >= 4 is 9.84 Å². The minimum absolute atomic E-state index is 0.138. The van der Waals surface area contributed by atoms with Gasteiger partial charge in [0.1, 0.15) is 16.2 Å². The van der Waals surface area contributed by atoms with Gasteiger partial charge in [-0.05, 0) is 19.3 Å². The molecule has 1 aliphatic carbocycles. The van der Waals surface area contributed by atoms with E-state index in [9.17, 15) is 8.42 Å². The highest BCUT2D eigenvalue weighted by Crippen LogP contribution is 2.31. The van der Waals surface area contributed by atoms with Crippen LogP contribution in [0.1, 0.15) is 37.5 Å². The lowest BCUT2D eigenvalue weighted by Crippen LogP contribution is -2.29. The van der Waals surface area contributed by atoms with Crippen molar-refractivity contribution in [3.05, 3.63) is 12.2 Å². The maximum atomic E-state index is 11.7. The molecule has 0 bridgehead atoms. The third-order valence-corrected chi connectivity index (χ3v) is 5.54. The van der Waals surface area contributed by atoms with Crippen LogP contribution in [0, 0.1) is 0 Å². The molecule has 1 aromatic heterocycles. The molecule has 1 saturated carbocycles. The lowest BCUT2D eigenvalue weighted by molar-refractivity contribution is 0.199. The second kappa shape index (κ2) is 7.33. The number of rotatable bonds is 7. The van der Waals surface area contributed by atoms with Crippen molar-refractivity contribution in [1.82, 2.24) is 20.1 Å². The molecule has 0 amide bonds. The SMILES string of the molecule is COCCNCc1ncn(C2CCCC(S(C)(=O)=O)C2)n1. The molecule has 0 saturated heterocycles. The summed E-state index contributed by atoms with van der Waals surface area (Å²) < 4.78 is 30.2. The number of nitrogens with one attached hydrogen (secondary N) is 1. The highest BCUT2D eigenvalue weighted by Gasteiger charge is 2.30. The summed E-state index contributed by atoms with van der Waals surface area (Å²) in [6.07, 6.45) is 6.32. The smallest absolute Gasteiger partial charge is 0.164 e. The molecule has 2 atom stereocenters. The first kappa shape index (κ1) is 16.4. The Bertz CT molecular complexity index is 543. The summed E-state index contributed by atoms with van der Waals surface area (Å²) in [6, 6.07) is 0.138. The molecule has 0 radical (unpaired) electrons. The van der Waals surface area contributed by atoms with Gasteiger partial charge in [0.05, 0.1) is 24.4 Å². The summed E-state index contributed by atoms with van der Waals surface area (Å²) in [5, 5.41) is 7.40. The summed E-state index contributed by atoms with van der Waals surface area (Å²) in [5.41, 5.74) is 0. The molecule has 1 N–H and O–H groups in total. The summed E-state index contributed by atoms with van der Waals surface area (Å²) in [7, 11) is -1.31. The Hall–Kier alpha value is -0.990. The second-order valence-electron chi connectivity index (χ2n) is 5.58. The van der Waals surface area contributed by atoms with Crippen LogP contribution in [0.4, 0.5) is 0 Å². The highest BCUT2D eigenvalue weighted by atomic mass is 32.2. The fourth-order valence-electron chi connectivity index (χ4n) is 2.69. The van der Waals surface area contributed by atoms with Gasteiger partial charge in [-0.3, -0.25) is 0 Å². The van der Waals surface area contributed by atoms with E-state index in [1.54, 1.807) is 13.4 Å². The van der Waals surface area contributed by atoms with Gasteiger partial charge in [-0.15, -0.1) is 0 Å². The van der Waals surface area contributed by atoms with Crippen molar-refractivity contribution in [3.8, 4) is 0 Å². The Morgan fingerprint density at radius 2 is 2.29 bits per heavy atom. The normalized spacial score (nSPS) is 23.3. The standard InChI is InChI=1S/C13H24N4O3S/c1-20-7-6-14-9-13-15-10-17(16-13)11-4-3-5-12(8-11)21(2,18)19/h10-12,14H,3-9H2,1-2H3. The predicted molar refractivity (Wildman–Crippen MR) is 79.7 cm³/mol. The van der Waals surface area contributed by atoms with Crippen LogP contribution in [0.5, 0.6) is 0 Å². The minimum atomic E-state index is -2.97. The molecule has 21 heavy (non-hydrogen) atoms. The first-order chi connectivity index (χ1) is 10.0. The molecule has 1 aromatic rings. The topological polar surface area (TPSA) is 86.1 Å². The number of hydrogen-bond acceptors (Lipinski definition) is 6. The Labute approximate surface area is 126 Å². The first-order valence-electron chi connectivity index (χ1n) is 7.29. The molecule has 0 aliphatic heterocycles. The average molecular weight is 316 g/mol. The van der Waals surface area contributed by atoms with Crippen LogP contribution < -0.4 is 5.32 Å². The van der Waals surface area contributed by atoms with Crippen molar-refractivity contribution in [2.75, 3.05) is 26.5 Å². The summed E-state index contributed by atoms with van der Waals surface area (Å²) in [5.74, 6) is 0.729. The van der Waals surface area contributed by atoms with E-state index in [-0.39, 0.29) is 11.3 Å². The molecular weight excluding hydrogens is 292 g/mol. The van der Waals surface area contributed by atoms with E-state index < -0.39 is 9.84 Å². The number of methoxy groups -OCH3 is 1. The van der Waals surface area contributed by atoms with Gasteiger partial charge in [-0.25, -0.2) is 18.1 Å². The maximum absolute atomic E-state index is 11.7. The van der Waals surface area contributed by atoms with Crippen molar-refractivity contribution in [3.63, 3.8) is 0 Å².